The molecule has 13 nitrogen and oxygen atoms in total. The molecular weight excluding hydrogens is 638 g/mol. The van der Waals surface area contributed by atoms with Gasteiger partial charge in [0.25, 0.3) is 0 Å². The Hall–Kier alpha value is -5.20. The largest absolute Gasteiger partial charge is 0.489 e. The van der Waals surface area contributed by atoms with Gasteiger partial charge in [-0.3, -0.25) is 19.4 Å². The third-order valence-corrected chi connectivity index (χ3v) is 9.20. The summed E-state index contributed by atoms with van der Waals surface area (Å²) >= 11 is 0. The van der Waals surface area contributed by atoms with Crippen LogP contribution in [0.5, 0.6) is 5.75 Å². The lowest BCUT2D eigenvalue weighted by molar-refractivity contribution is -0.137. The number of hydrogen-bond acceptors (Lipinski definition) is 8. The fourth-order valence-electron chi connectivity index (χ4n) is 6.48. The van der Waals surface area contributed by atoms with Crippen LogP contribution in [0.2, 0.25) is 0 Å². The van der Waals surface area contributed by atoms with Gasteiger partial charge in [-0.2, -0.15) is 0 Å². The summed E-state index contributed by atoms with van der Waals surface area (Å²) in [4.78, 5) is 66.7. The smallest absolute Gasteiger partial charge is 0.407 e. The van der Waals surface area contributed by atoms with Crippen molar-refractivity contribution in [1.82, 2.24) is 25.1 Å². The van der Waals surface area contributed by atoms with Crippen LogP contribution in [-0.2, 0) is 25.7 Å². The number of H-pyrrole nitrogens is 1. The zero-order valence-electron chi connectivity index (χ0n) is 29.3. The topological polar surface area (TPSA) is 158 Å². The molecule has 2 aliphatic heterocycles. The molecule has 50 heavy (non-hydrogen) atoms. The highest BCUT2D eigenvalue weighted by Gasteiger charge is 2.38. The first-order valence-corrected chi connectivity index (χ1v) is 17.2. The van der Waals surface area contributed by atoms with Gasteiger partial charge in [0.15, 0.2) is 0 Å². The van der Waals surface area contributed by atoms with E-state index in [-0.39, 0.29) is 29.7 Å². The molecule has 266 valence electrons. The molecule has 0 radical (unpaired) electrons. The van der Waals surface area contributed by atoms with Gasteiger partial charge in [-0.25, -0.2) is 9.78 Å². The number of anilines is 1. The minimum atomic E-state index is -0.690. The molecule has 3 aromatic rings. The minimum Gasteiger partial charge on any atom is -0.489 e. The maximum atomic E-state index is 13.4. The van der Waals surface area contributed by atoms with Crippen LogP contribution in [0.1, 0.15) is 70.8 Å². The van der Waals surface area contributed by atoms with E-state index in [0.29, 0.717) is 43.4 Å². The second-order valence-corrected chi connectivity index (χ2v) is 13.0. The van der Waals surface area contributed by atoms with E-state index in [1.165, 1.54) is 7.11 Å². The number of alkyl carbamates (subject to hydrolysis) is 1. The molecule has 4 unspecified atom stereocenters. The Kier molecular flexibility index (Phi) is 11.9. The summed E-state index contributed by atoms with van der Waals surface area (Å²) in [5, 5.41) is 5.63. The standard InChI is InChI=1S/C37H47N7O6/c1-6-38-24(4)35(46)44-20-8-10-31(44)34(45)40-27-15-11-25(12-16-27)22-50-28-17-13-26(14-18-28)29-21-39-33(41-29)30-9-7-19-43(30)36(47)32(23(2)3)42-37(48)49-5/h6,11-18,21,23-24,30-32H,7-10,19-20,22H2,1-5H3,(H,39,41)(H,40,45)(H,42,48). The molecule has 4 atom stereocenters. The molecular formula is C37H47N7O6. The first-order valence-electron chi connectivity index (χ1n) is 17.2. The van der Waals surface area contributed by atoms with Gasteiger partial charge < -0.3 is 34.9 Å². The van der Waals surface area contributed by atoms with Crippen molar-refractivity contribution in [3.63, 3.8) is 0 Å². The van der Waals surface area contributed by atoms with Crippen LogP contribution < -0.4 is 15.4 Å². The quantitative estimate of drug-likeness (QED) is 0.224. The normalized spacial score (nSPS) is 18.7. The molecule has 3 N–H and O–H groups in total. The van der Waals surface area contributed by atoms with Crippen molar-refractivity contribution in [3.8, 4) is 17.0 Å². The maximum absolute atomic E-state index is 13.4. The van der Waals surface area contributed by atoms with Crippen LogP contribution in [0.15, 0.2) is 59.7 Å². The van der Waals surface area contributed by atoms with Crippen LogP contribution in [0, 0.1) is 5.92 Å². The zero-order chi connectivity index (χ0) is 35.8. The Bertz CT molecular complexity index is 1670. The highest BCUT2D eigenvalue weighted by atomic mass is 16.5. The van der Waals surface area contributed by atoms with Crippen molar-refractivity contribution in [2.24, 2.45) is 10.9 Å². The summed E-state index contributed by atoms with van der Waals surface area (Å²) in [6.45, 7) is 8.79. The van der Waals surface area contributed by atoms with Crippen molar-refractivity contribution >= 4 is 35.7 Å². The van der Waals surface area contributed by atoms with Gasteiger partial charge in [0.2, 0.25) is 17.7 Å². The molecule has 0 spiro atoms. The summed E-state index contributed by atoms with van der Waals surface area (Å²) in [7, 11) is 1.28. The van der Waals surface area contributed by atoms with Crippen molar-refractivity contribution < 1.29 is 28.7 Å². The fraction of sp³-hybridized carbons (Fsp3) is 0.459. The number of amides is 4. The zero-order valence-corrected chi connectivity index (χ0v) is 29.3. The van der Waals surface area contributed by atoms with E-state index in [4.69, 9.17) is 9.47 Å². The number of likely N-dealkylation sites (tertiary alicyclic amines) is 2. The third kappa shape index (κ3) is 8.50. The second-order valence-electron chi connectivity index (χ2n) is 13.0. The van der Waals surface area contributed by atoms with Gasteiger partial charge in [-0.15, -0.1) is 0 Å². The summed E-state index contributed by atoms with van der Waals surface area (Å²) < 4.78 is 10.7. The van der Waals surface area contributed by atoms with Gasteiger partial charge in [0, 0.05) is 18.8 Å². The average molecular weight is 686 g/mol. The number of nitrogens with one attached hydrogen (secondary N) is 3. The SMILES string of the molecule is CC=NC(C)C(=O)N1CCCC1C(=O)Nc1ccc(COc2ccc(-c3cnc(C4CCCN4C(=O)C(NC(=O)OC)C(C)C)[nH]3)cc2)cc1. The number of nitrogens with zero attached hydrogens (tertiary/aromatic N) is 4. The Labute approximate surface area is 292 Å². The van der Waals surface area contributed by atoms with Gasteiger partial charge in [0.05, 0.1) is 25.0 Å². The maximum Gasteiger partial charge on any atom is 0.407 e. The Balaban J connectivity index is 1.14. The summed E-state index contributed by atoms with van der Waals surface area (Å²) in [5.41, 5.74) is 3.34. The molecule has 5 rings (SSSR count). The number of rotatable bonds is 12. The lowest BCUT2D eigenvalue weighted by atomic mass is 10.0. The van der Waals surface area contributed by atoms with Crippen LogP contribution in [0.3, 0.4) is 0 Å². The highest BCUT2D eigenvalue weighted by molar-refractivity contribution is 5.98. The fourth-order valence-corrected chi connectivity index (χ4v) is 6.48. The molecule has 4 amide bonds. The molecule has 1 aromatic heterocycles. The Morgan fingerprint density at radius 2 is 1.68 bits per heavy atom. The predicted octanol–water partition coefficient (Wildman–Crippen LogP) is 5.11. The number of ether oxygens (including phenoxy) is 2. The molecule has 13 heteroatoms. The molecule has 3 heterocycles. The third-order valence-electron chi connectivity index (χ3n) is 9.20. The van der Waals surface area contributed by atoms with Crippen molar-refractivity contribution in [2.45, 2.75) is 84.2 Å². The van der Waals surface area contributed by atoms with Crippen molar-refractivity contribution in [3.05, 3.63) is 66.1 Å². The molecule has 0 saturated carbocycles. The molecule has 0 bridgehead atoms. The first-order chi connectivity index (χ1) is 24.1. The van der Waals surface area contributed by atoms with Gasteiger partial charge in [-0.1, -0.05) is 26.0 Å². The summed E-state index contributed by atoms with van der Waals surface area (Å²) in [6, 6.07) is 13.2. The van der Waals surface area contributed by atoms with Gasteiger partial charge >= 0.3 is 6.09 Å². The molecule has 2 aromatic carbocycles. The van der Waals surface area contributed by atoms with Crippen molar-refractivity contribution in [1.29, 1.82) is 0 Å². The predicted molar refractivity (Wildman–Crippen MR) is 190 cm³/mol. The highest BCUT2D eigenvalue weighted by Crippen LogP contribution is 2.33. The molecule has 2 saturated heterocycles. The number of imidazole rings is 1. The van der Waals surface area contributed by atoms with E-state index in [0.717, 1.165) is 36.1 Å². The Morgan fingerprint density at radius 1 is 0.980 bits per heavy atom. The molecule has 0 aliphatic carbocycles. The molecule has 2 fully saturated rings. The van der Waals surface area contributed by atoms with E-state index in [2.05, 4.69) is 25.6 Å². The van der Waals surface area contributed by atoms with E-state index < -0.39 is 24.2 Å². The van der Waals surface area contributed by atoms with E-state index in [1.807, 2.05) is 62.4 Å². The number of carbonyl (C=O) groups is 4. The second kappa shape index (κ2) is 16.5. The van der Waals surface area contributed by atoms with Crippen LogP contribution >= 0.6 is 0 Å². The average Bonchev–Trinajstić information content (AvgIpc) is 3.91. The van der Waals surface area contributed by atoms with Gasteiger partial charge in [-0.05, 0) is 99.2 Å². The van der Waals surface area contributed by atoms with E-state index in [1.54, 1.807) is 36.1 Å². The van der Waals surface area contributed by atoms with Crippen molar-refractivity contribution in [2.75, 3.05) is 25.5 Å². The van der Waals surface area contributed by atoms with Crippen LogP contribution in [-0.4, -0.2) is 88.1 Å². The van der Waals surface area contributed by atoms with Gasteiger partial charge in [0.1, 0.15) is 36.3 Å². The number of hydrogen-bond donors (Lipinski definition) is 3. The van der Waals surface area contributed by atoms with Crippen LogP contribution in [0.25, 0.3) is 11.3 Å². The molecule has 2 aliphatic rings. The first kappa shape index (κ1) is 36.1. The summed E-state index contributed by atoms with van der Waals surface area (Å²) in [6.07, 6.45) is 5.78. The number of carbonyl (C=O) groups excluding carboxylic acids is 4. The number of aromatic amines is 1. The Morgan fingerprint density at radius 3 is 2.36 bits per heavy atom. The van der Waals surface area contributed by atoms with E-state index in [9.17, 15) is 19.2 Å². The summed E-state index contributed by atoms with van der Waals surface area (Å²) in [5.74, 6) is 0.820. The van der Waals surface area contributed by atoms with E-state index >= 15 is 0 Å². The number of benzene rings is 2. The minimum absolute atomic E-state index is 0.106. The number of aliphatic imine (C=N–C) groups is 1. The monoisotopic (exact) mass is 685 g/mol. The lowest BCUT2D eigenvalue weighted by Crippen LogP contribution is -2.51. The number of aromatic nitrogens is 2. The van der Waals surface area contributed by atoms with Crippen LogP contribution in [0.4, 0.5) is 10.5 Å². The number of methoxy groups -OCH3 is 1. The lowest BCUT2D eigenvalue weighted by Gasteiger charge is -2.30.